The Labute approximate surface area is 208 Å². The lowest BCUT2D eigenvalue weighted by Gasteiger charge is -2.19. The molecule has 5 rings (SSSR count). The number of benzene rings is 4. The second-order valence-electron chi connectivity index (χ2n) is 9.44. The first-order chi connectivity index (χ1) is 16.9. The fourth-order valence-corrected chi connectivity index (χ4v) is 6.61. The highest BCUT2D eigenvalue weighted by Crippen LogP contribution is 2.39. The van der Waals surface area contributed by atoms with E-state index in [-0.39, 0.29) is 0 Å². The van der Waals surface area contributed by atoms with Crippen molar-refractivity contribution in [1.29, 1.82) is 0 Å². The fraction of sp³-hybridized carbons (Fsp3) is 0.226. The topological polar surface area (TPSA) is 37.4 Å². The standard InChI is InChI=1S/C31H31NO2S/c1-4-25-19-26-12-8-9-13-29(26)31(23(25)3)30-21-32(20-27(30)18-24-10-6-5-7-11-24)35(33,34)28-16-14-22(2)15-17-28/h5-17,19H,4,18,20-21H2,1-3H3. The summed E-state index contributed by atoms with van der Waals surface area (Å²) in [7, 11) is -3.61. The maximum Gasteiger partial charge on any atom is 0.243 e. The van der Waals surface area contributed by atoms with Gasteiger partial charge in [0.1, 0.15) is 0 Å². The molecule has 1 aliphatic rings. The quantitative estimate of drug-likeness (QED) is 0.307. The molecule has 4 aromatic carbocycles. The predicted molar refractivity (Wildman–Crippen MR) is 145 cm³/mol. The van der Waals surface area contributed by atoms with Gasteiger partial charge in [-0.2, -0.15) is 4.31 Å². The molecular weight excluding hydrogens is 450 g/mol. The van der Waals surface area contributed by atoms with Crippen molar-refractivity contribution in [2.75, 3.05) is 13.1 Å². The smallest absolute Gasteiger partial charge is 0.207 e. The Bertz CT molecular complexity index is 1520. The Hall–Kier alpha value is -3.21. The highest BCUT2D eigenvalue weighted by atomic mass is 32.2. The number of aryl methyl sites for hydroxylation is 2. The minimum Gasteiger partial charge on any atom is -0.207 e. The molecule has 0 unspecified atom stereocenters. The summed E-state index contributed by atoms with van der Waals surface area (Å²) >= 11 is 0. The van der Waals surface area contributed by atoms with Crippen LogP contribution in [-0.2, 0) is 22.9 Å². The van der Waals surface area contributed by atoms with E-state index >= 15 is 0 Å². The van der Waals surface area contributed by atoms with Crippen LogP contribution in [0.4, 0.5) is 0 Å². The van der Waals surface area contributed by atoms with Gasteiger partial charge in [-0.25, -0.2) is 8.42 Å². The average Bonchev–Trinajstić information content (AvgIpc) is 3.28. The lowest BCUT2D eigenvalue weighted by Crippen LogP contribution is -2.29. The van der Waals surface area contributed by atoms with Crippen LogP contribution in [0.1, 0.15) is 34.7 Å². The molecule has 4 heteroatoms. The molecule has 0 radical (unpaired) electrons. The molecule has 0 saturated carbocycles. The third kappa shape index (κ3) is 4.44. The Morgan fingerprint density at radius 2 is 1.51 bits per heavy atom. The van der Waals surface area contributed by atoms with E-state index in [1.54, 1.807) is 16.4 Å². The van der Waals surface area contributed by atoms with Gasteiger partial charge in [0, 0.05) is 13.1 Å². The van der Waals surface area contributed by atoms with Gasteiger partial charge in [0.2, 0.25) is 10.0 Å². The van der Waals surface area contributed by atoms with Gasteiger partial charge in [0.25, 0.3) is 0 Å². The molecule has 1 heterocycles. The number of fused-ring (bicyclic) bond motifs is 1. The Morgan fingerprint density at radius 3 is 2.23 bits per heavy atom. The van der Waals surface area contributed by atoms with Gasteiger partial charge < -0.3 is 0 Å². The molecule has 0 amide bonds. The predicted octanol–water partition coefficient (Wildman–Crippen LogP) is 6.72. The van der Waals surface area contributed by atoms with Crippen molar-refractivity contribution >= 4 is 26.4 Å². The van der Waals surface area contributed by atoms with Crippen molar-refractivity contribution in [1.82, 2.24) is 4.31 Å². The zero-order chi connectivity index (χ0) is 24.6. The summed E-state index contributed by atoms with van der Waals surface area (Å²) in [6.07, 6.45) is 1.68. The normalized spacial score (nSPS) is 14.7. The van der Waals surface area contributed by atoms with Crippen molar-refractivity contribution < 1.29 is 8.42 Å². The monoisotopic (exact) mass is 481 g/mol. The first-order valence-corrected chi connectivity index (χ1v) is 13.7. The van der Waals surface area contributed by atoms with Crippen LogP contribution in [0, 0.1) is 13.8 Å². The minimum absolute atomic E-state index is 0.354. The van der Waals surface area contributed by atoms with E-state index in [0.717, 1.165) is 24.0 Å². The van der Waals surface area contributed by atoms with E-state index in [0.29, 0.717) is 18.0 Å². The number of nitrogens with zero attached hydrogens (tertiary/aromatic N) is 1. The lowest BCUT2D eigenvalue weighted by atomic mass is 9.87. The third-order valence-electron chi connectivity index (χ3n) is 7.15. The van der Waals surface area contributed by atoms with Crippen molar-refractivity contribution in [3.63, 3.8) is 0 Å². The molecule has 0 aromatic heterocycles. The maximum atomic E-state index is 13.7. The Balaban J connectivity index is 1.66. The molecule has 1 aliphatic heterocycles. The average molecular weight is 482 g/mol. The van der Waals surface area contributed by atoms with Gasteiger partial charge >= 0.3 is 0 Å². The van der Waals surface area contributed by atoms with Crippen LogP contribution >= 0.6 is 0 Å². The van der Waals surface area contributed by atoms with Crippen LogP contribution in [0.5, 0.6) is 0 Å². The van der Waals surface area contributed by atoms with E-state index in [1.165, 1.54) is 38.6 Å². The van der Waals surface area contributed by atoms with Crippen molar-refractivity contribution in [2.45, 2.75) is 38.5 Å². The maximum absolute atomic E-state index is 13.7. The summed E-state index contributed by atoms with van der Waals surface area (Å²) in [5.74, 6) is 0. The van der Waals surface area contributed by atoms with Crippen molar-refractivity contribution in [3.05, 3.63) is 118 Å². The zero-order valence-corrected chi connectivity index (χ0v) is 21.4. The molecule has 0 atom stereocenters. The summed E-state index contributed by atoms with van der Waals surface area (Å²) in [5, 5.41) is 2.40. The molecule has 3 nitrogen and oxygen atoms in total. The fourth-order valence-electron chi connectivity index (χ4n) is 5.21. The van der Waals surface area contributed by atoms with Gasteiger partial charge in [-0.15, -0.1) is 0 Å². The molecule has 178 valence electrons. The van der Waals surface area contributed by atoms with E-state index in [4.69, 9.17) is 0 Å². The zero-order valence-electron chi connectivity index (χ0n) is 20.6. The number of hydrogen-bond acceptors (Lipinski definition) is 2. The molecule has 0 aliphatic carbocycles. The van der Waals surface area contributed by atoms with Crippen LogP contribution in [0.15, 0.2) is 95.4 Å². The summed E-state index contributed by atoms with van der Waals surface area (Å²) in [6, 6.07) is 28.3. The van der Waals surface area contributed by atoms with Gasteiger partial charge in [-0.1, -0.05) is 85.3 Å². The van der Waals surface area contributed by atoms with Crippen molar-refractivity contribution in [3.8, 4) is 0 Å². The van der Waals surface area contributed by atoms with Crippen molar-refractivity contribution in [2.24, 2.45) is 0 Å². The van der Waals surface area contributed by atoms with Crippen LogP contribution < -0.4 is 0 Å². The summed E-state index contributed by atoms with van der Waals surface area (Å²) in [4.78, 5) is 0.354. The third-order valence-corrected chi connectivity index (χ3v) is 8.95. The van der Waals surface area contributed by atoms with Gasteiger partial charge in [-0.3, -0.25) is 0 Å². The second kappa shape index (κ2) is 9.44. The van der Waals surface area contributed by atoms with Crippen LogP contribution in [-0.4, -0.2) is 25.8 Å². The van der Waals surface area contributed by atoms with Crippen LogP contribution in [0.25, 0.3) is 16.3 Å². The van der Waals surface area contributed by atoms with Gasteiger partial charge in [-0.05, 0) is 83.0 Å². The molecule has 0 saturated heterocycles. The van der Waals surface area contributed by atoms with E-state index in [1.807, 2.05) is 37.3 Å². The summed E-state index contributed by atoms with van der Waals surface area (Å²) in [6.45, 7) is 7.13. The van der Waals surface area contributed by atoms with Gasteiger partial charge in [0.05, 0.1) is 4.90 Å². The highest BCUT2D eigenvalue weighted by molar-refractivity contribution is 7.89. The molecule has 4 aromatic rings. The minimum atomic E-state index is -3.61. The van der Waals surface area contributed by atoms with Crippen LogP contribution in [0.3, 0.4) is 0 Å². The largest absolute Gasteiger partial charge is 0.243 e. The summed E-state index contributed by atoms with van der Waals surface area (Å²) in [5.41, 5.74) is 8.33. The molecule has 0 N–H and O–H groups in total. The first-order valence-electron chi connectivity index (χ1n) is 12.2. The van der Waals surface area contributed by atoms with Gasteiger partial charge in [0.15, 0.2) is 0 Å². The lowest BCUT2D eigenvalue weighted by molar-refractivity contribution is 0.484. The first kappa shape index (κ1) is 23.5. The van der Waals surface area contributed by atoms with E-state index in [2.05, 4.69) is 56.3 Å². The molecule has 35 heavy (non-hydrogen) atoms. The number of rotatable bonds is 6. The SMILES string of the molecule is CCc1cc2ccccc2c(C2=C(Cc3ccccc3)CN(S(=O)(=O)c3ccc(C)cc3)C2)c1C. The van der Waals surface area contributed by atoms with Crippen LogP contribution in [0.2, 0.25) is 0 Å². The Kier molecular flexibility index (Phi) is 6.35. The number of hydrogen-bond donors (Lipinski definition) is 0. The Morgan fingerprint density at radius 1 is 0.829 bits per heavy atom. The molecule has 0 spiro atoms. The molecule has 0 fully saturated rings. The van der Waals surface area contributed by atoms with E-state index < -0.39 is 10.0 Å². The number of sulfonamides is 1. The molecular formula is C31H31NO2S. The highest BCUT2D eigenvalue weighted by Gasteiger charge is 2.34. The van der Waals surface area contributed by atoms with E-state index in [9.17, 15) is 8.42 Å². The summed E-state index contributed by atoms with van der Waals surface area (Å²) < 4.78 is 29.0. The second-order valence-corrected chi connectivity index (χ2v) is 11.4. The molecule has 0 bridgehead atoms.